The molecule has 3 aromatic heterocycles. The average Bonchev–Trinajstić information content (AvgIpc) is 2.74. The molecule has 0 radical (unpaired) electrons. The van der Waals surface area contributed by atoms with E-state index in [2.05, 4.69) is 40.0 Å². The Balaban J connectivity index is 2.28. The molecule has 0 aromatic carbocycles. The lowest BCUT2D eigenvalue weighted by molar-refractivity contribution is 1.20. The molecule has 15 heavy (non-hydrogen) atoms. The Morgan fingerprint density at radius 2 is 1.73 bits per heavy atom. The van der Waals surface area contributed by atoms with Crippen LogP contribution < -0.4 is 0 Å². The van der Waals surface area contributed by atoms with Crippen LogP contribution in [0.1, 0.15) is 0 Å². The molecule has 0 saturated carbocycles. The maximum absolute atomic E-state index is 4.03. The molecule has 0 saturated heterocycles. The van der Waals surface area contributed by atoms with Gasteiger partial charge in [-0.25, -0.2) is 0 Å². The summed E-state index contributed by atoms with van der Waals surface area (Å²) in [6, 6.07) is 12.4. The van der Waals surface area contributed by atoms with Crippen LogP contribution in [-0.4, -0.2) is 9.38 Å². The van der Waals surface area contributed by atoms with Gasteiger partial charge in [0.1, 0.15) is 0 Å². The summed E-state index contributed by atoms with van der Waals surface area (Å²) in [7, 11) is 0. The van der Waals surface area contributed by atoms with Gasteiger partial charge in [-0.05, 0) is 35.9 Å². The molecule has 3 aromatic rings. The summed E-state index contributed by atoms with van der Waals surface area (Å²) in [5.41, 5.74) is 3.68. The Morgan fingerprint density at radius 3 is 2.60 bits per heavy atom. The topological polar surface area (TPSA) is 17.3 Å². The Hall–Kier alpha value is -2.09. The number of pyridine rings is 2. The van der Waals surface area contributed by atoms with E-state index >= 15 is 0 Å². The third-order valence-corrected chi connectivity index (χ3v) is 2.56. The molecule has 2 nitrogen and oxygen atoms in total. The van der Waals surface area contributed by atoms with Crippen LogP contribution in [0.25, 0.3) is 16.6 Å². The van der Waals surface area contributed by atoms with E-state index in [9.17, 15) is 0 Å². The smallest absolute Gasteiger partial charge is 0.0528 e. The van der Waals surface area contributed by atoms with E-state index in [-0.39, 0.29) is 0 Å². The summed E-state index contributed by atoms with van der Waals surface area (Å²) in [6.45, 7) is 0. The van der Waals surface area contributed by atoms with Gasteiger partial charge in [0, 0.05) is 30.4 Å². The van der Waals surface area contributed by atoms with Crippen molar-refractivity contribution < 1.29 is 0 Å². The second kappa shape index (κ2) is 3.24. The number of hydrogen-bond donors (Lipinski definition) is 0. The molecule has 0 amide bonds. The van der Waals surface area contributed by atoms with E-state index < -0.39 is 0 Å². The summed E-state index contributed by atoms with van der Waals surface area (Å²) in [4.78, 5) is 4.03. The molecule has 2 heteroatoms. The quantitative estimate of drug-likeness (QED) is 0.582. The predicted octanol–water partition coefficient (Wildman–Crippen LogP) is 3.00. The van der Waals surface area contributed by atoms with Crippen molar-refractivity contribution in [2.24, 2.45) is 0 Å². The molecule has 0 bridgehead atoms. The lowest BCUT2D eigenvalue weighted by Crippen LogP contribution is -1.80. The Labute approximate surface area is 87.8 Å². The zero-order valence-electron chi connectivity index (χ0n) is 8.17. The number of nitrogens with zero attached hydrogens (tertiary/aromatic N) is 2. The molecule has 3 rings (SSSR count). The van der Waals surface area contributed by atoms with Crippen LogP contribution >= 0.6 is 0 Å². The molecule has 0 spiro atoms. The third-order valence-electron chi connectivity index (χ3n) is 2.56. The Kier molecular flexibility index (Phi) is 1.78. The number of fused-ring (bicyclic) bond motifs is 1. The molecule has 0 aliphatic rings. The van der Waals surface area contributed by atoms with Crippen LogP contribution in [-0.2, 0) is 0 Å². The van der Waals surface area contributed by atoms with Gasteiger partial charge in [0.05, 0.1) is 5.52 Å². The minimum absolute atomic E-state index is 1.21. The Morgan fingerprint density at radius 1 is 0.867 bits per heavy atom. The molecule has 72 valence electrons. The van der Waals surface area contributed by atoms with Crippen molar-refractivity contribution in [3.63, 3.8) is 0 Å². The SMILES string of the molecule is c1ccn2ccc(-c3ccncc3)c2c1. The summed E-state index contributed by atoms with van der Waals surface area (Å²) >= 11 is 0. The van der Waals surface area contributed by atoms with Crippen LogP contribution in [0.3, 0.4) is 0 Å². The summed E-state index contributed by atoms with van der Waals surface area (Å²) in [6.07, 6.45) is 7.77. The lowest BCUT2D eigenvalue weighted by atomic mass is 10.1. The second-order valence-electron chi connectivity index (χ2n) is 3.46. The van der Waals surface area contributed by atoms with E-state index in [0.29, 0.717) is 0 Å². The van der Waals surface area contributed by atoms with Gasteiger partial charge < -0.3 is 4.40 Å². The third kappa shape index (κ3) is 1.31. The van der Waals surface area contributed by atoms with Gasteiger partial charge in [-0.3, -0.25) is 4.98 Å². The lowest BCUT2D eigenvalue weighted by Gasteiger charge is -1.99. The van der Waals surface area contributed by atoms with E-state index in [1.165, 1.54) is 16.6 Å². The molecule has 0 unspecified atom stereocenters. The van der Waals surface area contributed by atoms with Gasteiger partial charge in [0.25, 0.3) is 0 Å². The maximum atomic E-state index is 4.03. The molecule has 0 aliphatic heterocycles. The zero-order chi connectivity index (χ0) is 10.1. The largest absolute Gasteiger partial charge is 0.323 e. The highest BCUT2D eigenvalue weighted by molar-refractivity contribution is 5.80. The normalized spacial score (nSPS) is 10.7. The molecule has 0 aliphatic carbocycles. The molecular weight excluding hydrogens is 184 g/mol. The summed E-state index contributed by atoms with van der Waals surface area (Å²) in [5.74, 6) is 0. The highest BCUT2D eigenvalue weighted by Gasteiger charge is 2.02. The van der Waals surface area contributed by atoms with Crippen molar-refractivity contribution in [2.75, 3.05) is 0 Å². The van der Waals surface area contributed by atoms with E-state index in [0.717, 1.165) is 0 Å². The van der Waals surface area contributed by atoms with Gasteiger partial charge >= 0.3 is 0 Å². The van der Waals surface area contributed by atoms with Crippen molar-refractivity contribution in [3.05, 3.63) is 61.2 Å². The minimum atomic E-state index is 1.21. The number of hydrogen-bond acceptors (Lipinski definition) is 1. The molecule has 0 fully saturated rings. The first-order chi connectivity index (χ1) is 7.45. The monoisotopic (exact) mass is 194 g/mol. The molecule has 0 N–H and O–H groups in total. The molecule has 0 atom stereocenters. The first-order valence-corrected chi connectivity index (χ1v) is 4.91. The van der Waals surface area contributed by atoms with Crippen molar-refractivity contribution in [1.82, 2.24) is 9.38 Å². The fraction of sp³-hybridized carbons (Fsp3) is 0. The molecular formula is C13H10N2. The van der Waals surface area contributed by atoms with Crippen LogP contribution in [0.5, 0.6) is 0 Å². The standard InChI is InChI=1S/C13H10N2/c1-2-9-15-10-6-12(13(15)3-1)11-4-7-14-8-5-11/h1-10H. The highest BCUT2D eigenvalue weighted by atomic mass is 14.8. The second-order valence-corrected chi connectivity index (χ2v) is 3.46. The van der Waals surface area contributed by atoms with Crippen molar-refractivity contribution in [1.29, 1.82) is 0 Å². The average molecular weight is 194 g/mol. The number of rotatable bonds is 1. The van der Waals surface area contributed by atoms with Gasteiger partial charge in [0.2, 0.25) is 0 Å². The number of aromatic nitrogens is 2. The fourth-order valence-corrected chi connectivity index (χ4v) is 1.83. The van der Waals surface area contributed by atoms with Gasteiger partial charge in [-0.15, -0.1) is 0 Å². The summed E-state index contributed by atoms with van der Waals surface area (Å²) < 4.78 is 2.12. The predicted molar refractivity (Wildman–Crippen MR) is 60.6 cm³/mol. The van der Waals surface area contributed by atoms with E-state index in [4.69, 9.17) is 0 Å². The first kappa shape index (κ1) is 8.24. The van der Waals surface area contributed by atoms with Gasteiger partial charge in [-0.2, -0.15) is 0 Å². The maximum Gasteiger partial charge on any atom is 0.0528 e. The minimum Gasteiger partial charge on any atom is -0.323 e. The van der Waals surface area contributed by atoms with Crippen molar-refractivity contribution >= 4 is 5.52 Å². The summed E-state index contributed by atoms with van der Waals surface area (Å²) in [5, 5.41) is 0. The van der Waals surface area contributed by atoms with Crippen molar-refractivity contribution in [2.45, 2.75) is 0 Å². The zero-order valence-corrected chi connectivity index (χ0v) is 8.17. The van der Waals surface area contributed by atoms with Gasteiger partial charge in [0.15, 0.2) is 0 Å². The van der Waals surface area contributed by atoms with Crippen LogP contribution in [0, 0.1) is 0 Å². The fourth-order valence-electron chi connectivity index (χ4n) is 1.83. The van der Waals surface area contributed by atoms with Gasteiger partial charge in [-0.1, -0.05) is 6.07 Å². The molecule has 3 heterocycles. The van der Waals surface area contributed by atoms with Crippen LogP contribution in [0.2, 0.25) is 0 Å². The Bertz CT molecular complexity index is 582. The highest BCUT2D eigenvalue weighted by Crippen LogP contribution is 2.24. The first-order valence-electron chi connectivity index (χ1n) is 4.91. The van der Waals surface area contributed by atoms with E-state index in [1.54, 1.807) is 0 Å². The van der Waals surface area contributed by atoms with Crippen molar-refractivity contribution in [3.8, 4) is 11.1 Å². The van der Waals surface area contributed by atoms with Crippen LogP contribution in [0.15, 0.2) is 61.2 Å². The van der Waals surface area contributed by atoms with E-state index in [1.807, 2.05) is 30.6 Å². The van der Waals surface area contributed by atoms with Crippen LogP contribution in [0.4, 0.5) is 0 Å².